The second kappa shape index (κ2) is 11.5. The number of methoxy groups -OCH3 is 2. The predicted octanol–water partition coefficient (Wildman–Crippen LogP) is 5.05. The molecule has 0 spiro atoms. The summed E-state index contributed by atoms with van der Waals surface area (Å²) in [5.41, 5.74) is 6.70. The van der Waals surface area contributed by atoms with E-state index < -0.39 is 0 Å². The summed E-state index contributed by atoms with van der Waals surface area (Å²) in [6.07, 6.45) is 1.65. The molecule has 1 N–H and O–H groups in total. The number of nitriles is 1. The van der Waals surface area contributed by atoms with Crippen molar-refractivity contribution in [3.05, 3.63) is 80.0 Å². The van der Waals surface area contributed by atoms with Crippen LogP contribution in [0.2, 0.25) is 0 Å². The van der Waals surface area contributed by atoms with Crippen molar-refractivity contribution >= 4 is 34.6 Å². The summed E-state index contributed by atoms with van der Waals surface area (Å²) in [6.45, 7) is 2.63. The number of benzene rings is 2. The zero-order chi connectivity index (χ0) is 22.9. The molecule has 0 aliphatic heterocycles. The van der Waals surface area contributed by atoms with Gasteiger partial charge in [0.25, 0.3) is 0 Å². The largest absolute Gasteiger partial charge is 0.493 e. The fourth-order valence-corrected chi connectivity index (χ4v) is 3.85. The van der Waals surface area contributed by atoms with E-state index in [0.29, 0.717) is 36.1 Å². The molecule has 8 heteroatoms. The molecule has 164 valence electrons. The number of aromatic nitrogens is 1. The minimum absolute atomic E-state index is 0.324. The summed E-state index contributed by atoms with van der Waals surface area (Å²) < 4.78 is 17.6. The van der Waals surface area contributed by atoms with Crippen molar-refractivity contribution in [3.63, 3.8) is 0 Å². The van der Waals surface area contributed by atoms with E-state index in [1.807, 2.05) is 55.5 Å². The van der Waals surface area contributed by atoms with Crippen LogP contribution in [0.3, 0.4) is 0 Å². The number of hydrogen-bond donors (Lipinski definition) is 1. The van der Waals surface area contributed by atoms with Gasteiger partial charge in [0.1, 0.15) is 18.2 Å². The highest BCUT2D eigenvalue weighted by Crippen LogP contribution is 2.34. The van der Waals surface area contributed by atoms with Gasteiger partial charge < -0.3 is 14.2 Å². The average molecular weight is 542 g/mol. The minimum Gasteiger partial charge on any atom is -0.493 e. The third kappa shape index (κ3) is 5.96. The van der Waals surface area contributed by atoms with Gasteiger partial charge in [-0.1, -0.05) is 30.3 Å². The quantitative estimate of drug-likeness (QED) is 0.232. The molecular weight excluding hydrogens is 519 g/mol. The molecule has 3 rings (SSSR count). The molecule has 1 heterocycles. The molecule has 32 heavy (non-hydrogen) atoms. The monoisotopic (exact) mass is 542 g/mol. The van der Waals surface area contributed by atoms with E-state index in [1.54, 1.807) is 20.4 Å². The van der Waals surface area contributed by atoms with E-state index in [1.165, 1.54) is 0 Å². The van der Waals surface area contributed by atoms with Gasteiger partial charge >= 0.3 is 0 Å². The number of nitrogens with zero attached hydrogens (tertiary/aromatic N) is 3. The van der Waals surface area contributed by atoms with Gasteiger partial charge in [0, 0.05) is 18.4 Å². The summed E-state index contributed by atoms with van der Waals surface area (Å²) in [5, 5.41) is 13.8. The van der Waals surface area contributed by atoms with Crippen molar-refractivity contribution in [3.8, 4) is 17.6 Å². The average Bonchev–Trinajstić information content (AvgIpc) is 2.79. The lowest BCUT2D eigenvalue weighted by Crippen LogP contribution is -2.04. The Bertz CT molecular complexity index is 1140. The van der Waals surface area contributed by atoms with Crippen molar-refractivity contribution in [1.29, 1.82) is 5.26 Å². The highest BCUT2D eigenvalue weighted by molar-refractivity contribution is 14.1. The van der Waals surface area contributed by atoms with E-state index >= 15 is 0 Å². The molecule has 0 saturated carbocycles. The molecule has 1 aromatic heterocycles. The van der Waals surface area contributed by atoms with Gasteiger partial charge in [0.15, 0.2) is 17.3 Å². The fourth-order valence-electron chi connectivity index (χ4n) is 3.07. The fraction of sp³-hybridized carbons (Fsp3) is 0.208. The van der Waals surface area contributed by atoms with Crippen molar-refractivity contribution < 1.29 is 14.2 Å². The molecule has 0 aliphatic carbocycles. The number of ether oxygens (including phenoxy) is 3. The Morgan fingerprint density at radius 2 is 1.94 bits per heavy atom. The second-order valence-electron chi connectivity index (χ2n) is 6.87. The number of rotatable bonds is 9. The van der Waals surface area contributed by atoms with Crippen LogP contribution in [0.4, 0.5) is 5.82 Å². The summed E-state index contributed by atoms with van der Waals surface area (Å²) in [5.74, 6) is 1.68. The highest BCUT2D eigenvalue weighted by atomic mass is 127. The number of pyridine rings is 1. The lowest BCUT2D eigenvalue weighted by Gasteiger charge is -2.13. The first kappa shape index (κ1) is 23.5. The Labute approximate surface area is 201 Å². The zero-order valence-electron chi connectivity index (χ0n) is 18.1. The third-order valence-electron chi connectivity index (χ3n) is 4.50. The SMILES string of the molecule is COCc1cc(C)nc(N/N=C\c2cc(I)c(OCc3ccccc3)c(OC)c2)c1C#N. The lowest BCUT2D eigenvalue weighted by atomic mass is 10.1. The van der Waals surface area contributed by atoms with E-state index in [0.717, 1.165) is 26.0 Å². The van der Waals surface area contributed by atoms with Crippen LogP contribution in [0.1, 0.15) is 27.9 Å². The topological polar surface area (TPSA) is 88.8 Å². The Hall–Kier alpha value is -3.16. The smallest absolute Gasteiger partial charge is 0.174 e. The maximum atomic E-state index is 9.53. The molecule has 0 amide bonds. The van der Waals surface area contributed by atoms with Gasteiger partial charge in [0.05, 0.1) is 23.5 Å². The van der Waals surface area contributed by atoms with Crippen LogP contribution < -0.4 is 14.9 Å². The number of halogens is 1. The van der Waals surface area contributed by atoms with Crippen molar-refractivity contribution in [2.75, 3.05) is 19.6 Å². The van der Waals surface area contributed by atoms with Crippen LogP contribution >= 0.6 is 22.6 Å². The molecule has 0 fully saturated rings. The Morgan fingerprint density at radius 1 is 1.16 bits per heavy atom. The van der Waals surface area contributed by atoms with Gasteiger partial charge in [-0.25, -0.2) is 4.98 Å². The van der Waals surface area contributed by atoms with Crippen LogP contribution in [0.25, 0.3) is 0 Å². The molecular formula is C24H23IN4O3. The number of hydrogen-bond acceptors (Lipinski definition) is 7. The molecule has 0 atom stereocenters. The molecule has 0 saturated heterocycles. The maximum absolute atomic E-state index is 9.53. The zero-order valence-corrected chi connectivity index (χ0v) is 20.2. The van der Waals surface area contributed by atoms with E-state index in [-0.39, 0.29) is 0 Å². The molecule has 0 radical (unpaired) electrons. The van der Waals surface area contributed by atoms with E-state index in [4.69, 9.17) is 14.2 Å². The van der Waals surface area contributed by atoms with Crippen LogP contribution in [-0.4, -0.2) is 25.4 Å². The van der Waals surface area contributed by atoms with Gasteiger partial charge in [-0.2, -0.15) is 10.4 Å². The first-order valence-electron chi connectivity index (χ1n) is 9.78. The Kier molecular flexibility index (Phi) is 8.41. The van der Waals surface area contributed by atoms with Gasteiger partial charge in [-0.05, 0) is 58.8 Å². The van der Waals surface area contributed by atoms with Gasteiger partial charge in [-0.15, -0.1) is 0 Å². The predicted molar refractivity (Wildman–Crippen MR) is 132 cm³/mol. The highest BCUT2D eigenvalue weighted by Gasteiger charge is 2.13. The lowest BCUT2D eigenvalue weighted by molar-refractivity contribution is 0.184. The maximum Gasteiger partial charge on any atom is 0.174 e. The van der Waals surface area contributed by atoms with Crippen LogP contribution in [-0.2, 0) is 18.0 Å². The standard InChI is InChI=1S/C24H23IN4O3/c1-16-9-19(15-30-2)20(12-26)24(28-16)29-27-13-18-10-21(25)23(22(11-18)31-3)32-14-17-7-5-4-6-8-17/h4-11,13H,14-15H2,1-3H3,(H,28,29)/b27-13-. The van der Waals surface area contributed by atoms with Crippen LogP contribution in [0.15, 0.2) is 53.6 Å². The molecule has 0 unspecified atom stereocenters. The number of anilines is 1. The van der Waals surface area contributed by atoms with Crippen molar-refractivity contribution in [2.45, 2.75) is 20.1 Å². The van der Waals surface area contributed by atoms with Crippen molar-refractivity contribution in [2.24, 2.45) is 5.10 Å². The van der Waals surface area contributed by atoms with Crippen molar-refractivity contribution in [1.82, 2.24) is 4.98 Å². The summed E-state index contributed by atoms with van der Waals surface area (Å²) in [6, 6.07) is 17.7. The van der Waals surface area contributed by atoms with E-state index in [9.17, 15) is 5.26 Å². The first-order chi connectivity index (χ1) is 15.5. The number of nitrogens with one attached hydrogen (secondary N) is 1. The van der Waals surface area contributed by atoms with Crippen LogP contribution in [0, 0.1) is 21.8 Å². The molecule has 2 aromatic carbocycles. The van der Waals surface area contributed by atoms with Gasteiger partial charge in [0.2, 0.25) is 0 Å². The van der Waals surface area contributed by atoms with Gasteiger partial charge in [-0.3, -0.25) is 5.43 Å². The molecule has 3 aromatic rings. The summed E-state index contributed by atoms with van der Waals surface area (Å²) in [7, 11) is 3.19. The molecule has 0 bridgehead atoms. The van der Waals surface area contributed by atoms with E-state index in [2.05, 4.69) is 44.2 Å². The minimum atomic E-state index is 0.324. The Morgan fingerprint density at radius 3 is 2.62 bits per heavy atom. The molecule has 7 nitrogen and oxygen atoms in total. The number of aryl methyl sites for hydroxylation is 1. The first-order valence-corrected chi connectivity index (χ1v) is 10.9. The summed E-state index contributed by atoms with van der Waals surface area (Å²) in [4.78, 5) is 4.39. The second-order valence-corrected chi connectivity index (χ2v) is 8.03. The summed E-state index contributed by atoms with van der Waals surface area (Å²) >= 11 is 2.21. The third-order valence-corrected chi connectivity index (χ3v) is 5.30. The number of hydrazone groups is 1. The normalized spacial score (nSPS) is 10.7. The Balaban J connectivity index is 1.78. The molecule has 0 aliphatic rings. The van der Waals surface area contributed by atoms with Crippen LogP contribution in [0.5, 0.6) is 11.5 Å².